The van der Waals surface area contributed by atoms with E-state index in [0.717, 1.165) is 11.1 Å². The summed E-state index contributed by atoms with van der Waals surface area (Å²) in [6.07, 6.45) is 2.88. The number of ether oxygens (including phenoxy) is 2. The van der Waals surface area contributed by atoms with Crippen LogP contribution in [0.25, 0.3) is 11.1 Å². The average molecular weight is 453 g/mol. The minimum absolute atomic E-state index is 0.324. The van der Waals surface area contributed by atoms with Crippen molar-refractivity contribution in [3.05, 3.63) is 60.2 Å². The molecule has 9 nitrogen and oxygen atoms in total. The summed E-state index contributed by atoms with van der Waals surface area (Å²) in [7, 11) is 4.83. The second kappa shape index (κ2) is 9.23. The molecule has 0 atom stereocenters. The number of aromatic nitrogens is 2. The van der Waals surface area contributed by atoms with Crippen LogP contribution in [0.5, 0.6) is 0 Å². The van der Waals surface area contributed by atoms with Gasteiger partial charge in [-0.25, -0.2) is 9.59 Å². The van der Waals surface area contributed by atoms with Crippen molar-refractivity contribution < 1.29 is 23.9 Å². The zero-order valence-corrected chi connectivity index (χ0v) is 19.6. The van der Waals surface area contributed by atoms with Gasteiger partial charge in [-0.15, -0.1) is 0 Å². The second-order valence-electron chi connectivity index (χ2n) is 8.60. The third-order valence-corrected chi connectivity index (χ3v) is 4.76. The van der Waals surface area contributed by atoms with E-state index in [2.05, 4.69) is 10.6 Å². The van der Waals surface area contributed by atoms with Crippen LogP contribution >= 0.6 is 0 Å². The lowest BCUT2D eigenvalue weighted by atomic mass is 10.1. The first-order valence-electron chi connectivity index (χ1n) is 10.3. The number of nitrogens with one attached hydrogen (secondary N) is 2. The van der Waals surface area contributed by atoms with Crippen molar-refractivity contribution in [2.24, 2.45) is 14.1 Å². The Hall–Kier alpha value is -4.01. The van der Waals surface area contributed by atoms with E-state index in [1.54, 1.807) is 74.5 Å². The topological polar surface area (TPSA) is 104 Å². The summed E-state index contributed by atoms with van der Waals surface area (Å²) in [5.74, 6) is -0.731. The van der Waals surface area contributed by atoms with Crippen LogP contribution in [0.2, 0.25) is 0 Å². The van der Waals surface area contributed by atoms with Gasteiger partial charge in [0.25, 0.3) is 5.91 Å². The maximum atomic E-state index is 12.7. The van der Waals surface area contributed by atoms with Gasteiger partial charge in [0.2, 0.25) is 0 Å². The number of hydrogen-bond donors (Lipinski definition) is 2. The summed E-state index contributed by atoms with van der Waals surface area (Å²) in [6.45, 7) is 5.33. The van der Waals surface area contributed by atoms with Crippen LogP contribution in [0.1, 0.15) is 41.7 Å². The molecule has 2 aromatic heterocycles. The lowest BCUT2D eigenvalue weighted by Gasteiger charge is -2.19. The van der Waals surface area contributed by atoms with Gasteiger partial charge in [-0.1, -0.05) is 12.1 Å². The number of benzene rings is 1. The van der Waals surface area contributed by atoms with E-state index in [-0.39, 0.29) is 5.91 Å². The molecule has 33 heavy (non-hydrogen) atoms. The summed E-state index contributed by atoms with van der Waals surface area (Å²) < 4.78 is 13.3. The summed E-state index contributed by atoms with van der Waals surface area (Å²) >= 11 is 0. The van der Waals surface area contributed by atoms with E-state index in [0.29, 0.717) is 22.8 Å². The molecule has 174 valence electrons. The van der Waals surface area contributed by atoms with Crippen LogP contribution in [-0.2, 0) is 23.6 Å². The highest BCUT2D eigenvalue weighted by Gasteiger charge is 2.19. The highest BCUT2D eigenvalue weighted by Crippen LogP contribution is 2.24. The second-order valence-corrected chi connectivity index (χ2v) is 8.60. The van der Waals surface area contributed by atoms with Crippen LogP contribution in [0.15, 0.2) is 48.8 Å². The molecule has 2 amide bonds. The Labute approximate surface area is 192 Å². The summed E-state index contributed by atoms with van der Waals surface area (Å²) in [5, 5.41) is 5.47. The minimum atomic E-state index is -0.619. The number of esters is 1. The van der Waals surface area contributed by atoms with Crippen molar-refractivity contribution in [1.82, 2.24) is 9.13 Å². The molecule has 2 heterocycles. The number of anilines is 2. The third kappa shape index (κ3) is 5.82. The van der Waals surface area contributed by atoms with Crippen LogP contribution < -0.4 is 10.6 Å². The van der Waals surface area contributed by atoms with Crippen molar-refractivity contribution in [3.8, 4) is 11.1 Å². The quantitative estimate of drug-likeness (QED) is 0.558. The van der Waals surface area contributed by atoms with Gasteiger partial charge in [-0.3, -0.25) is 10.1 Å². The minimum Gasteiger partial charge on any atom is -0.464 e. The van der Waals surface area contributed by atoms with E-state index < -0.39 is 17.7 Å². The van der Waals surface area contributed by atoms with Gasteiger partial charge >= 0.3 is 12.1 Å². The first kappa shape index (κ1) is 23.6. The zero-order valence-electron chi connectivity index (χ0n) is 19.6. The maximum Gasteiger partial charge on any atom is 0.412 e. The number of carbonyl (C=O) groups excluding carboxylic acids is 3. The molecule has 0 radical (unpaired) electrons. The Bertz CT molecular complexity index is 1180. The Kier molecular flexibility index (Phi) is 6.62. The molecule has 3 rings (SSSR count). The largest absolute Gasteiger partial charge is 0.464 e. The molecule has 0 aliphatic heterocycles. The summed E-state index contributed by atoms with van der Waals surface area (Å²) in [4.78, 5) is 36.5. The molecule has 0 aliphatic carbocycles. The van der Waals surface area contributed by atoms with Crippen molar-refractivity contribution in [2.45, 2.75) is 26.4 Å². The van der Waals surface area contributed by atoms with E-state index in [9.17, 15) is 14.4 Å². The fourth-order valence-corrected chi connectivity index (χ4v) is 3.25. The molecular formula is C24H28N4O5. The molecule has 0 fully saturated rings. The first-order valence-corrected chi connectivity index (χ1v) is 10.3. The fourth-order valence-electron chi connectivity index (χ4n) is 3.25. The molecule has 0 saturated carbocycles. The van der Waals surface area contributed by atoms with Gasteiger partial charge in [0.1, 0.15) is 17.0 Å². The zero-order chi connectivity index (χ0) is 24.3. The number of hydrogen-bond acceptors (Lipinski definition) is 5. The van der Waals surface area contributed by atoms with Crippen LogP contribution in [-0.4, -0.2) is 39.8 Å². The monoisotopic (exact) mass is 452 g/mol. The van der Waals surface area contributed by atoms with E-state index in [4.69, 9.17) is 9.47 Å². The van der Waals surface area contributed by atoms with Gasteiger partial charge in [0.05, 0.1) is 12.8 Å². The SMILES string of the molecule is COC(=O)c1cc(-c2ccc(NC(=O)c3cc(NC(=O)OC(C)(C)C)cn3C)cc2)cn1C. The lowest BCUT2D eigenvalue weighted by Crippen LogP contribution is -2.27. The van der Waals surface area contributed by atoms with Crippen molar-refractivity contribution in [1.29, 1.82) is 0 Å². The number of carbonyl (C=O) groups is 3. The predicted molar refractivity (Wildman–Crippen MR) is 125 cm³/mol. The smallest absolute Gasteiger partial charge is 0.412 e. The van der Waals surface area contributed by atoms with Gasteiger partial charge in [0.15, 0.2) is 0 Å². The first-order chi connectivity index (χ1) is 15.5. The number of nitrogens with zero attached hydrogens (tertiary/aromatic N) is 2. The molecule has 0 aliphatic rings. The van der Waals surface area contributed by atoms with E-state index >= 15 is 0 Å². The molecule has 0 bridgehead atoms. The van der Waals surface area contributed by atoms with Gasteiger partial charge in [-0.05, 0) is 50.6 Å². The van der Waals surface area contributed by atoms with Gasteiger partial charge < -0.3 is 23.9 Å². The Morgan fingerprint density at radius 3 is 2.06 bits per heavy atom. The van der Waals surface area contributed by atoms with Crippen molar-refractivity contribution in [2.75, 3.05) is 17.7 Å². The number of methoxy groups -OCH3 is 1. The number of aryl methyl sites for hydroxylation is 2. The van der Waals surface area contributed by atoms with Crippen molar-refractivity contribution in [3.63, 3.8) is 0 Å². The third-order valence-electron chi connectivity index (χ3n) is 4.76. The van der Waals surface area contributed by atoms with E-state index in [1.165, 1.54) is 7.11 Å². The normalized spacial score (nSPS) is 11.1. The van der Waals surface area contributed by atoms with Crippen LogP contribution in [0.3, 0.4) is 0 Å². The molecule has 0 saturated heterocycles. The molecule has 0 unspecified atom stereocenters. The maximum absolute atomic E-state index is 12.7. The fraction of sp³-hybridized carbons (Fsp3) is 0.292. The lowest BCUT2D eigenvalue weighted by molar-refractivity contribution is 0.0587. The number of rotatable bonds is 5. The van der Waals surface area contributed by atoms with E-state index in [1.807, 2.05) is 18.3 Å². The number of amides is 2. The highest BCUT2D eigenvalue weighted by molar-refractivity contribution is 6.04. The molecule has 1 aromatic carbocycles. The molecule has 2 N–H and O–H groups in total. The van der Waals surface area contributed by atoms with Crippen molar-refractivity contribution >= 4 is 29.3 Å². The molecule has 9 heteroatoms. The Morgan fingerprint density at radius 2 is 1.45 bits per heavy atom. The molecule has 0 spiro atoms. The predicted octanol–water partition coefficient (Wildman–Crippen LogP) is 4.42. The van der Waals surface area contributed by atoms with Gasteiger partial charge in [0, 0.05) is 37.7 Å². The van der Waals surface area contributed by atoms with Crippen LogP contribution in [0, 0.1) is 0 Å². The van der Waals surface area contributed by atoms with Gasteiger partial charge in [-0.2, -0.15) is 0 Å². The summed E-state index contributed by atoms with van der Waals surface area (Å²) in [6, 6.07) is 10.6. The summed E-state index contributed by atoms with van der Waals surface area (Å²) in [5.41, 5.74) is 3.01. The molecular weight excluding hydrogens is 424 g/mol. The average Bonchev–Trinajstić information content (AvgIpc) is 3.28. The molecule has 3 aromatic rings. The standard InChI is InChI=1S/C24H28N4O5/c1-24(2,3)33-23(31)26-18-12-19(28(5)14-18)21(29)25-17-9-7-15(8-10-17)16-11-20(22(30)32-6)27(4)13-16/h7-14H,1-6H3,(H,25,29)(H,26,31). The van der Waals surface area contributed by atoms with Crippen LogP contribution in [0.4, 0.5) is 16.2 Å². The highest BCUT2D eigenvalue weighted by atomic mass is 16.6. The Balaban J connectivity index is 1.68. The Morgan fingerprint density at radius 1 is 0.818 bits per heavy atom.